The molecule has 1 aliphatic rings. The molecule has 0 atom stereocenters. The Bertz CT molecular complexity index is 546. The van der Waals surface area contributed by atoms with Gasteiger partial charge in [-0.05, 0) is 62.8 Å². The molecule has 2 rings (SSSR count). The standard InChI is InChI=1S/C16H20O4/c1-4-19-15(17)13-9-11-7-6-8-12(11)14(10(13)3)16(18)20-5-2/h9H,4-8H2,1-3H3. The average molecular weight is 276 g/mol. The lowest BCUT2D eigenvalue weighted by atomic mass is 9.93. The lowest BCUT2D eigenvalue weighted by Crippen LogP contribution is -2.15. The molecular formula is C16H20O4. The largest absolute Gasteiger partial charge is 0.462 e. The number of benzene rings is 1. The number of hydrogen-bond donors (Lipinski definition) is 0. The van der Waals surface area contributed by atoms with Crippen molar-refractivity contribution in [3.05, 3.63) is 33.9 Å². The monoisotopic (exact) mass is 276 g/mol. The molecule has 0 saturated carbocycles. The molecule has 20 heavy (non-hydrogen) atoms. The number of carbonyl (C=O) groups excluding carboxylic acids is 2. The number of rotatable bonds is 4. The van der Waals surface area contributed by atoms with Crippen LogP contribution in [0.25, 0.3) is 0 Å². The van der Waals surface area contributed by atoms with Crippen LogP contribution < -0.4 is 0 Å². The van der Waals surface area contributed by atoms with Crippen molar-refractivity contribution in [1.82, 2.24) is 0 Å². The fourth-order valence-corrected chi connectivity index (χ4v) is 2.76. The van der Waals surface area contributed by atoms with Crippen molar-refractivity contribution in [3.63, 3.8) is 0 Å². The van der Waals surface area contributed by atoms with Gasteiger partial charge in [0.25, 0.3) is 0 Å². The quantitative estimate of drug-likeness (QED) is 0.793. The Labute approximate surface area is 119 Å². The van der Waals surface area contributed by atoms with Gasteiger partial charge in [0.05, 0.1) is 24.3 Å². The summed E-state index contributed by atoms with van der Waals surface area (Å²) in [5.41, 5.74) is 3.82. The van der Waals surface area contributed by atoms with Gasteiger partial charge in [0.2, 0.25) is 0 Å². The van der Waals surface area contributed by atoms with Gasteiger partial charge < -0.3 is 9.47 Å². The maximum absolute atomic E-state index is 12.2. The molecule has 0 radical (unpaired) electrons. The fourth-order valence-electron chi connectivity index (χ4n) is 2.76. The number of fused-ring (bicyclic) bond motifs is 1. The summed E-state index contributed by atoms with van der Waals surface area (Å²) < 4.78 is 10.2. The molecule has 0 N–H and O–H groups in total. The second kappa shape index (κ2) is 6.07. The third kappa shape index (κ3) is 2.55. The topological polar surface area (TPSA) is 52.6 Å². The molecule has 4 heteroatoms. The van der Waals surface area contributed by atoms with Gasteiger partial charge in [-0.15, -0.1) is 0 Å². The molecule has 4 nitrogen and oxygen atoms in total. The molecule has 0 heterocycles. The highest BCUT2D eigenvalue weighted by Gasteiger charge is 2.27. The number of esters is 2. The minimum absolute atomic E-state index is 0.324. The van der Waals surface area contributed by atoms with Crippen molar-refractivity contribution < 1.29 is 19.1 Å². The number of ether oxygens (including phenoxy) is 2. The van der Waals surface area contributed by atoms with Crippen LogP contribution in [-0.2, 0) is 22.3 Å². The summed E-state index contributed by atoms with van der Waals surface area (Å²) in [7, 11) is 0. The highest BCUT2D eigenvalue weighted by atomic mass is 16.5. The Hall–Kier alpha value is -1.84. The molecular weight excluding hydrogens is 256 g/mol. The van der Waals surface area contributed by atoms with Crippen LogP contribution >= 0.6 is 0 Å². The van der Waals surface area contributed by atoms with Crippen LogP contribution in [0.3, 0.4) is 0 Å². The molecule has 1 aromatic rings. The van der Waals surface area contributed by atoms with E-state index in [1.165, 1.54) is 0 Å². The van der Waals surface area contributed by atoms with Crippen LogP contribution in [0.5, 0.6) is 0 Å². The third-order valence-corrected chi connectivity index (χ3v) is 3.63. The van der Waals surface area contributed by atoms with Gasteiger partial charge in [0.1, 0.15) is 0 Å². The van der Waals surface area contributed by atoms with E-state index in [1.807, 2.05) is 6.07 Å². The van der Waals surface area contributed by atoms with Crippen molar-refractivity contribution in [2.75, 3.05) is 13.2 Å². The van der Waals surface area contributed by atoms with Crippen LogP contribution in [0.1, 0.15) is 57.7 Å². The van der Waals surface area contributed by atoms with Crippen molar-refractivity contribution in [3.8, 4) is 0 Å². The molecule has 108 valence electrons. The molecule has 0 bridgehead atoms. The number of hydrogen-bond acceptors (Lipinski definition) is 4. The lowest BCUT2D eigenvalue weighted by molar-refractivity contribution is 0.0522. The summed E-state index contributed by atoms with van der Waals surface area (Å²) >= 11 is 0. The molecule has 0 amide bonds. The lowest BCUT2D eigenvalue weighted by Gasteiger charge is -2.15. The maximum Gasteiger partial charge on any atom is 0.338 e. The molecule has 0 spiro atoms. The predicted molar refractivity (Wildman–Crippen MR) is 75.1 cm³/mol. The van der Waals surface area contributed by atoms with E-state index < -0.39 is 0 Å². The number of aryl methyl sites for hydroxylation is 1. The SMILES string of the molecule is CCOC(=O)c1cc2c(c(C(=O)OCC)c1C)CCC2. The Kier molecular flexibility index (Phi) is 4.42. The molecule has 0 aliphatic heterocycles. The van der Waals surface area contributed by atoms with Gasteiger partial charge in [-0.2, -0.15) is 0 Å². The minimum atomic E-state index is -0.370. The van der Waals surface area contributed by atoms with E-state index in [0.717, 1.165) is 30.4 Å². The van der Waals surface area contributed by atoms with E-state index in [2.05, 4.69) is 0 Å². The van der Waals surface area contributed by atoms with E-state index >= 15 is 0 Å². The van der Waals surface area contributed by atoms with E-state index in [9.17, 15) is 9.59 Å². The second-order valence-corrected chi connectivity index (χ2v) is 4.86. The van der Waals surface area contributed by atoms with Crippen LogP contribution in [0.2, 0.25) is 0 Å². The summed E-state index contributed by atoms with van der Waals surface area (Å²) in [6, 6.07) is 1.87. The van der Waals surface area contributed by atoms with Gasteiger partial charge in [0, 0.05) is 0 Å². The van der Waals surface area contributed by atoms with E-state index in [0.29, 0.717) is 29.9 Å². The van der Waals surface area contributed by atoms with Gasteiger partial charge in [0.15, 0.2) is 0 Å². The highest BCUT2D eigenvalue weighted by Crippen LogP contribution is 2.31. The average Bonchev–Trinajstić information content (AvgIpc) is 2.86. The first-order chi connectivity index (χ1) is 9.60. The summed E-state index contributed by atoms with van der Waals surface area (Å²) in [6.07, 6.45) is 2.77. The Morgan fingerprint density at radius 1 is 1.10 bits per heavy atom. The molecule has 0 aromatic heterocycles. The van der Waals surface area contributed by atoms with E-state index in [-0.39, 0.29) is 11.9 Å². The van der Waals surface area contributed by atoms with Crippen LogP contribution in [0.15, 0.2) is 6.07 Å². The summed E-state index contributed by atoms with van der Waals surface area (Å²) in [5, 5.41) is 0. The third-order valence-electron chi connectivity index (χ3n) is 3.63. The molecule has 0 saturated heterocycles. The Morgan fingerprint density at radius 3 is 2.40 bits per heavy atom. The van der Waals surface area contributed by atoms with Gasteiger partial charge in [-0.1, -0.05) is 0 Å². The van der Waals surface area contributed by atoms with Crippen molar-refractivity contribution >= 4 is 11.9 Å². The Morgan fingerprint density at radius 2 is 1.75 bits per heavy atom. The van der Waals surface area contributed by atoms with Crippen LogP contribution in [0.4, 0.5) is 0 Å². The first-order valence-corrected chi connectivity index (χ1v) is 7.09. The highest BCUT2D eigenvalue weighted by molar-refractivity contribution is 5.99. The van der Waals surface area contributed by atoms with Crippen molar-refractivity contribution in [2.45, 2.75) is 40.0 Å². The molecule has 1 aliphatic carbocycles. The van der Waals surface area contributed by atoms with Crippen LogP contribution in [0, 0.1) is 6.92 Å². The summed E-state index contributed by atoms with van der Waals surface area (Å²) in [5.74, 6) is -0.709. The molecule has 0 fully saturated rings. The predicted octanol–water partition coefficient (Wildman–Crippen LogP) is 2.84. The normalized spacial score (nSPS) is 12.9. The smallest absolute Gasteiger partial charge is 0.338 e. The maximum atomic E-state index is 12.2. The van der Waals surface area contributed by atoms with E-state index in [1.54, 1.807) is 20.8 Å². The van der Waals surface area contributed by atoms with E-state index in [4.69, 9.17) is 9.47 Å². The first kappa shape index (κ1) is 14.6. The summed E-state index contributed by atoms with van der Waals surface area (Å²) in [6.45, 7) is 5.99. The number of carbonyl (C=O) groups is 2. The van der Waals surface area contributed by atoms with Crippen molar-refractivity contribution in [1.29, 1.82) is 0 Å². The second-order valence-electron chi connectivity index (χ2n) is 4.86. The zero-order chi connectivity index (χ0) is 14.7. The molecule has 0 unspecified atom stereocenters. The van der Waals surface area contributed by atoms with Crippen molar-refractivity contribution in [2.24, 2.45) is 0 Å². The van der Waals surface area contributed by atoms with Gasteiger partial charge in [-0.3, -0.25) is 0 Å². The minimum Gasteiger partial charge on any atom is -0.462 e. The van der Waals surface area contributed by atoms with Gasteiger partial charge in [-0.25, -0.2) is 9.59 Å². The van der Waals surface area contributed by atoms with Gasteiger partial charge >= 0.3 is 11.9 Å². The zero-order valence-electron chi connectivity index (χ0n) is 12.2. The zero-order valence-corrected chi connectivity index (χ0v) is 12.2. The van der Waals surface area contributed by atoms with Crippen LogP contribution in [-0.4, -0.2) is 25.2 Å². The summed E-state index contributed by atoms with van der Waals surface area (Å²) in [4.78, 5) is 24.2. The Balaban J connectivity index is 2.54. The first-order valence-electron chi connectivity index (χ1n) is 7.09. The molecule has 1 aromatic carbocycles. The fraction of sp³-hybridized carbons (Fsp3) is 0.500.